The summed E-state index contributed by atoms with van der Waals surface area (Å²) in [7, 11) is 0. The van der Waals surface area contributed by atoms with Crippen molar-refractivity contribution in [3.05, 3.63) is 33.8 Å². The third-order valence-electron chi connectivity index (χ3n) is 2.89. The molecule has 1 aromatic rings. The Balaban J connectivity index is 2.29. The van der Waals surface area contributed by atoms with Crippen molar-refractivity contribution < 1.29 is 4.79 Å². The van der Waals surface area contributed by atoms with E-state index in [1.165, 1.54) is 6.07 Å². The van der Waals surface area contributed by atoms with Gasteiger partial charge < -0.3 is 16.4 Å². The molecule has 0 heterocycles. The highest BCUT2D eigenvalue weighted by atomic mass is 35.5. The zero-order valence-electron chi connectivity index (χ0n) is 12.8. The highest BCUT2D eigenvalue weighted by Crippen LogP contribution is 2.22. The molecule has 0 unspecified atom stereocenters. The van der Waals surface area contributed by atoms with E-state index in [9.17, 15) is 4.79 Å². The highest BCUT2D eigenvalue weighted by molar-refractivity contribution is 6.42. The Labute approximate surface area is 141 Å². The fourth-order valence-electron chi connectivity index (χ4n) is 1.61. The lowest BCUT2D eigenvalue weighted by Gasteiger charge is -2.08. The number of benzene rings is 1. The number of hydrogen-bond acceptors (Lipinski definition) is 2. The predicted octanol–water partition coefficient (Wildman–Crippen LogP) is 2.67. The van der Waals surface area contributed by atoms with Crippen molar-refractivity contribution in [1.82, 2.24) is 10.6 Å². The maximum absolute atomic E-state index is 11.9. The summed E-state index contributed by atoms with van der Waals surface area (Å²) in [6, 6.07) is 4.75. The van der Waals surface area contributed by atoms with Crippen LogP contribution in [0.5, 0.6) is 0 Å². The molecule has 122 valence electrons. The third kappa shape index (κ3) is 7.00. The van der Waals surface area contributed by atoms with Gasteiger partial charge in [-0.05, 0) is 30.5 Å². The van der Waals surface area contributed by atoms with Crippen LogP contribution in [-0.2, 0) is 0 Å². The molecule has 0 fully saturated rings. The summed E-state index contributed by atoms with van der Waals surface area (Å²) in [5.41, 5.74) is 6.18. The molecule has 0 aromatic heterocycles. The Morgan fingerprint density at radius 3 is 2.55 bits per heavy atom. The van der Waals surface area contributed by atoms with E-state index < -0.39 is 0 Å². The molecule has 1 amide bonds. The van der Waals surface area contributed by atoms with Crippen molar-refractivity contribution in [2.24, 2.45) is 16.6 Å². The molecular formula is C15H22Cl2N4O. The van der Waals surface area contributed by atoms with Crippen molar-refractivity contribution in [2.75, 3.05) is 19.6 Å². The molecule has 0 saturated heterocycles. The van der Waals surface area contributed by atoms with Crippen molar-refractivity contribution in [3.63, 3.8) is 0 Å². The first kappa shape index (κ1) is 18.6. The largest absolute Gasteiger partial charge is 0.370 e. The standard InChI is InChI=1S/C15H22Cl2N4O/c1-10(2)5-6-20-15(18)21-8-7-19-14(22)11-3-4-12(16)13(17)9-11/h3-4,9-10H,5-8H2,1-2H3,(H,19,22)(H3,18,20,21). The van der Waals surface area contributed by atoms with Crippen molar-refractivity contribution in [3.8, 4) is 0 Å². The average molecular weight is 345 g/mol. The molecular weight excluding hydrogens is 323 g/mol. The number of halogens is 2. The number of nitrogens with zero attached hydrogens (tertiary/aromatic N) is 1. The maximum Gasteiger partial charge on any atom is 0.251 e. The van der Waals surface area contributed by atoms with Gasteiger partial charge in [0.15, 0.2) is 5.96 Å². The van der Waals surface area contributed by atoms with E-state index in [2.05, 4.69) is 29.5 Å². The lowest BCUT2D eigenvalue weighted by Crippen LogP contribution is -2.38. The first-order valence-corrected chi connectivity index (χ1v) is 7.92. The van der Waals surface area contributed by atoms with Crippen LogP contribution in [0, 0.1) is 5.92 Å². The topological polar surface area (TPSA) is 79.5 Å². The van der Waals surface area contributed by atoms with E-state index in [0.717, 1.165) is 6.42 Å². The molecule has 0 aliphatic heterocycles. The molecule has 4 N–H and O–H groups in total. The van der Waals surface area contributed by atoms with Gasteiger partial charge in [-0.1, -0.05) is 37.0 Å². The molecule has 0 aliphatic rings. The fraction of sp³-hybridized carbons (Fsp3) is 0.467. The van der Waals surface area contributed by atoms with Crippen LogP contribution >= 0.6 is 23.2 Å². The Bertz CT molecular complexity index is 532. The first-order valence-electron chi connectivity index (χ1n) is 7.17. The molecule has 5 nitrogen and oxygen atoms in total. The zero-order valence-corrected chi connectivity index (χ0v) is 14.3. The van der Waals surface area contributed by atoms with Crippen molar-refractivity contribution in [2.45, 2.75) is 20.3 Å². The number of carbonyl (C=O) groups excluding carboxylic acids is 1. The maximum atomic E-state index is 11.9. The summed E-state index contributed by atoms with van der Waals surface area (Å²) in [6.45, 7) is 5.91. The van der Waals surface area contributed by atoms with Gasteiger partial charge in [0.25, 0.3) is 5.91 Å². The summed E-state index contributed by atoms with van der Waals surface area (Å²) in [5.74, 6) is 0.780. The van der Waals surface area contributed by atoms with Crippen LogP contribution in [0.4, 0.5) is 0 Å². The molecule has 0 spiro atoms. The van der Waals surface area contributed by atoms with E-state index in [1.54, 1.807) is 12.1 Å². The number of nitrogens with one attached hydrogen (secondary N) is 2. The summed E-state index contributed by atoms with van der Waals surface area (Å²) in [5, 5.41) is 6.49. The summed E-state index contributed by atoms with van der Waals surface area (Å²) >= 11 is 11.7. The molecule has 1 aromatic carbocycles. The zero-order chi connectivity index (χ0) is 16.5. The van der Waals surface area contributed by atoms with Crippen LogP contribution in [0.15, 0.2) is 23.2 Å². The van der Waals surface area contributed by atoms with Gasteiger partial charge in [-0.25, -0.2) is 0 Å². The minimum absolute atomic E-state index is 0.212. The lowest BCUT2D eigenvalue weighted by molar-refractivity contribution is 0.0954. The minimum Gasteiger partial charge on any atom is -0.370 e. The summed E-state index contributed by atoms with van der Waals surface area (Å²) < 4.78 is 0. The third-order valence-corrected chi connectivity index (χ3v) is 3.63. The number of nitrogens with two attached hydrogens (primary N) is 1. The first-order chi connectivity index (χ1) is 10.4. The Hall–Kier alpha value is -1.46. The second-order valence-electron chi connectivity index (χ2n) is 5.26. The second-order valence-corrected chi connectivity index (χ2v) is 6.08. The van der Waals surface area contributed by atoms with Gasteiger partial charge in [-0.3, -0.25) is 9.79 Å². The van der Waals surface area contributed by atoms with E-state index in [4.69, 9.17) is 28.9 Å². The summed E-state index contributed by atoms with van der Waals surface area (Å²) in [6.07, 6.45) is 0.996. The quantitative estimate of drug-likeness (QED) is 0.404. The normalized spacial score (nSPS) is 11.6. The molecule has 0 bridgehead atoms. The van der Waals surface area contributed by atoms with E-state index in [-0.39, 0.29) is 5.91 Å². The van der Waals surface area contributed by atoms with Crippen LogP contribution in [0.25, 0.3) is 0 Å². The Morgan fingerprint density at radius 2 is 1.91 bits per heavy atom. The van der Waals surface area contributed by atoms with Gasteiger partial charge >= 0.3 is 0 Å². The van der Waals surface area contributed by atoms with E-state index >= 15 is 0 Å². The van der Waals surface area contributed by atoms with E-state index in [0.29, 0.717) is 47.1 Å². The summed E-state index contributed by atoms with van der Waals surface area (Å²) in [4.78, 5) is 16.1. The average Bonchev–Trinajstić information content (AvgIpc) is 2.46. The van der Waals surface area contributed by atoms with Crippen LogP contribution in [0.2, 0.25) is 10.0 Å². The van der Waals surface area contributed by atoms with Crippen LogP contribution in [0.3, 0.4) is 0 Å². The molecule has 0 atom stereocenters. The lowest BCUT2D eigenvalue weighted by atomic mass is 10.1. The number of carbonyl (C=O) groups is 1. The van der Waals surface area contributed by atoms with Gasteiger partial charge in [-0.15, -0.1) is 0 Å². The molecule has 0 radical (unpaired) electrons. The second kappa shape index (κ2) is 9.54. The number of amides is 1. The van der Waals surface area contributed by atoms with Gasteiger partial charge in [0.1, 0.15) is 0 Å². The van der Waals surface area contributed by atoms with Crippen molar-refractivity contribution in [1.29, 1.82) is 0 Å². The highest BCUT2D eigenvalue weighted by Gasteiger charge is 2.07. The smallest absolute Gasteiger partial charge is 0.251 e. The van der Waals surface area contributed by atoms with E-state index in [1.807, 2.05) is 0 Å². The molecule has 0 saturated carbocycles. The van der Waals surface area contributed by atoms with Crippen LogP contribution in [0.1, 0.15) is 30.6 Å². The molecule has 7 heteroatoms. The van der Waals surface area contributed by atoms with Crippen LogP contribution < -0.4 is 16.4 Å². The molecule has 0 aliphatic carbocycles. The van der Waals surface area contributed by atoms with Gasteiger partial charge in [-0.2, -0.15) is 0 Å². The molecule has 1 rings (SSSR count). The number of hydrogen-bond donors (Lipinski definition) is 3. The van der Waals surface area contributed by atoms with Gasteiger partial charge in [0.2, 0.25) is 0 Å². The number of aliphatic imine (C=N–C) groups is 1. The van der Waals surface area contributed by atoms with Crippen LogP contribution in [-0.4, -0.2) is 31.5 Å². The van der Waals surface area contributed by atoms with Crippen molar-refractivity contribution >= 4 is 35.1 Å². The molecule has 22 heavy (non-hydrogen) atoms. The number of rotatable bonds is 7. The number of guanidine groups is 1. The fourth-order valence-corrected chi connectivity index (χ4v) is 1.90. The monoisotopic (exact) mass is 344 g/mol. The Morgan fingerprint density at radius 1 is 1.23 bits per heavy atom. The van der Waals surface area contributed by atoms with Gasteiger partial charge in [0.05, 0.1) is 10.0 Å². The SMILES string of the molecule is CC(C)CCN=C(N)NCCNC(=O)c1ccc(Cl)c(Cl)c1. The Kier molecular flexibility index (Phi) is 8.06. The predicted molar refractivity (Wildman–Crippen MR) is 92.7 cm³/mol. The minimum atomic E-state index is -0.212. The van der Waals surface area contributed by atoms with Gasteiger partial charge in [0, 0.05) is 25.2 Å².